The molecule has 10 aromatic carbocycles. The number of benzene rings is 10. The van der Waals surface area contributed by atoms with Gasteiger partial charge in [0.2, 0.25) is 0 Å². The number of rotatable bonds is 7. The number of fused-ring (bicyclic) bond motifs is 9. The molecule has 0 fully saturated rings. The molecule has 0 unspecified atom stereocenters. The van der Waals surface area contributed by atoms with E-state index in [0.29, 0.717) is 0 Å². The summed E-state index contributed by atoms with van der Waals surface area (Å²) in [6.45, 7) is 4.71. The van der Waals surface area contributed by atoms with Gasteiger partial charge in [-0.15, -0.1) is 0 Å². The SMILES string of the molecule is CC1(C)c2ccccc2-c2ccc(N(c3cccc(-c4ccccc4)c3)c3cccc(-c4cccc5c4oc4cc(C6(c7ccccc7)c7ccccc7-c7ccccc76)ccc45)c3)cc21. The Balaban J connectivity index is 0.969. The van der Waals surface area contributed by atoms with Crippen LogP contribution in [-0.2, 0) is 10.8 Å². The molecular formula is C64H45NO. The van der Waals surface area contributed by atoms with Crippen LogP contribution in [0.25, 0.3) is 66.4 Å². The van der Waals surface area contributed by atoms with Crippen molar-refractivity contribution in [2.24, 2.45) is 0 Å². The van der Waals surface area contributed by atoms with Crippen molar-refractivity contribution in [3.05, 3.63) is 270 Å². The van der Waals surface area contributed by atoms with E-state index in [2.05, 4.69) is 255 Å². The van der Waals surface area contributed by atoms with Gasteiger partial charge >= 0.3 is 0 Å². The molecule has 11 aromatic rings. The van der Waals surface area contributed by atoms with E-state index in [0.717, 1.165) is 50.1 Å². The lowest BCUT2D eigenvalue weighted by Crippen LogP contribution is -2.28. The highest BCUT2D eigenvalue weighted by Crippen LogP contribution is 2.57. The summed E-state index contributed by atoms with van der Waals surface area (Å²) < 4.78 is 7.12. The molecule has 66 heavy (non-hydrogen) atoms. The summed E-state index contributed by atoms with van der Waals surface area (Å²) >= 11 is 0. The fourth-order valence-corrected chi connectivity index (χ4v) is 11.5. The lowest BCUT2D eigenvalue weighted by molar-refractivity contribution is 0.660. The number of hydrogen-bond donors (Lipinski definition) is 0. The molecule has 0 amide bonds. The largest absolute Gasteiger partial charge is 0.455 e. The molecule has 0 atom stereocenters. The lowest BCUT2D eigenvalue weighted by atomic mass is 9.67. The topological polar surface area (TPSA) is 16.4 Å². The Bertz CT molecular complexity index is 3640. The molecule has 1 heterocycles. The zero-order chi connectivity index (χ0) is 44.0. The van der Waals surface area contributed by atoms with Gasteiger partial charge in [-0.3, -0.25) is 0 Å². The van der Waals surface area contributed by atoms with Crippen LogP contribution in [0.2, 0.25) is 0 Å². The maximum absolute atomic E-state index is 7.12. The molecule has 0 aliphatic heterocycles. The molecule has 2 aliphatic rings. The summed E-state index contributed by atoms with van der Waals surface area (Å²) in [6, 6.07) is 86.7. The van der Waals surface area contributed by atoms with E-state index in [4.69, 9.17) is 4.42 Å². The van der Waals surface area contributed by atoms with Crippen LogP contribution >= 0.6 is 0 Å². The van der Waals surface area contributed by atoms with E-state index in [1.807, 2.05) is 0 Å². The summed E-state index contributed by atoms with van der Waals surface area (Å²) in [5.74, 6) is 0. The predicted octanol–water partition coefficient (Wildman–Crippen LogP) is 17.1. The smallest absolute Gasteiger partial charge is 0.143 e. The first-order chi connectivity index (χ1) is 32.5. The van der Waals surface area contributed by atoms with Crippen LogP contribution in [-0.4, -0.2) is 0 Å². The van der Waals surface area contributed by atoms with Gasteiger partial charge in [-0.1, -0.05) is 208 Å². The number of para-hydroxylation sites is 1. The van der Waals surface area contributed by atoms with E-state index in [1.54, 1.807) is 0 Å². The second-order valence-electron chi connectivity index (χ2n) is 18.4. The van der Waals surface area contributed by atoms with Crippen molar-refractivity contribution >= 4 is 39.0 Å². The van der Waals surface area contributed by atoms with Crippen molar-refractivity contribution < 1.29 is 4.42 Å². The van der Waals surface area contributed by atoms with Gasteiger partial charge in [0.05, 0.1) is 5.41 Å². The molecule has 0 radical (unpaired) electrons. The van der Waals surface area contributed by atoms with Gasteiger partial charge in [0.15, 0.2) is 0 Å². The molecule has 0 N–H and O–H groups in total. The monoisotopic (exact) mass is 843 g/mol. The first-order valence-corrected chi connectivity index (χ1v) is 23.0. The minimum atomic E-state index is -0.504. The maximum atomic E-state index is 7.12. The van der Waals surface area contributed by atoms with E-state index < -0.39 is 5.41 Å². The van der Waals surface area contributed by atoms with Crippen LogP contribution in [0.5, 0.6) is 0 Å². The Morgan fingerprint density at radius 1 is 0.333 bits per heavy atom. The summed E-state index contributed by atoms with van der Waals surface area (Å²) in [7, 11) is 0. The van der Waals surface area contributed by atoms with Crippen LogP contribution in [0, 0.1) is 0 Å². The zero-order valence-corrected chi connectivity index (χ0v) is 36.9. The van der Waals surface area contributed by atoms with Crippen LogP contribution in [0.4, 0.5) is 17.1 Å². The van der Waals surface area contributed by atoms with Crippen molar-refractivity contribution in [2.45, 2.75) is 24.7 Å². The van der Waals surface area contributed by atoms with Crippen molar-refractivity contribution in [1.29, 1.82) is 0 Å². The maximum Gasteiger partial charge on any atom is 0.143 e. The van der Waals surface area contributed by atoms with E-state index in [1.165, 1.54) is 66.8 Å². The zero-order valence-electron chi connectivity index (χ0n) is 36.9. The Morgan fingerprint density at radius 2 is 0.864 bits per heavy atom. The molecule has 0 saturated heterocycles. The lowest BCUT2D eigenvalue weighted by Gasteiger charge is -2.33. The third kappa shape index (κ3) is 5.61. The van der Waals surface area contributed by atoms with Crippen LogP contribution in [0.15, 0.2) is 241 Å². The second-order valence-corrected chi connectivity index (χ2v) is 18.4. The first kappa shape index (κ1) is 38.3. The molecule has 312 valence electrons. The van der Waals surface area contributed by atoms with Gasteiger partial charge in [0.1, 0.15) is 11.2 Å². The summed E-state index contributed by atoms with van der Waals surface area (Å²) in [6.07, 6.45) is 0. The van der Waals surface area contributed by atoms with Crippen LogP contribution in [0.1, 0.15) is 47.2 Å². The highest BCUT2D eigenvalue weighted by Gasteiger charge is 2.46. The second kappa shape index (κ2) is 14.7. The number of nitrogens with zero attached hydrogens (tertiary/aromatic N) is 1. The summed E-state index contributed by atoms with van der Waals surface area (Å²) in [4.78, 5) is 2.42. The number of anilines is 3. The van der Waals surface area contributed by atoms with Gasteiger partial charge in [0.25, 0.3) is 0 Å². The highest BCUT2D eigenvalue weighted by molar-refractivity contribution is 6.10. The fraction of sp³-hybridized carbons (Fsp3) is 0.0625. The predicted molar refractivity (Wildman–Crippen MR) is 274 cm³/mol. The molecular weight excluding hydrogens is 799 g/mol. The molecule has 0 spiro atoms. The molecule has 0 saturated carbocycles. The van der Waals surface area contributed by atoms with Crippen molar-refractivity contribution in [2.75, 3.05) is 4.90 Å². The average Bonchev–Trinajstić information content (AvgIpc) is 3.98. The Kier molecular flexibility index (Phi) is 8.51. The molecule has 2 nitrogen and oxygen atoms in total. The van der Waals surface area contributed by atoms with Crippen LogP contribution < -0.4 is 4.90 Å². The van der Waals surface area contributed by atoms with Gasteiger partial charge in [0, 0.05) is 38.8 Å². The molecule has 1 aromatic heterocycles. The minimum absolute atomic E-state index is 0.135. The van der Waals surface area contributed by atoms with Crippen LogP contribution in [0.3, 0.4) is 0 Å². The molecule has 2 heteroatoms. The average molecular weight is 844 g/mol. The van der Waals surface area contributed by atoms with Crippen molar-refractivity contribution in [3.8, 4) is 44.5 Å². The molecule has 2 aliphatic carbocycles. The number of hydrogen-bond acceptors (Lipinski definition) is 2. The van der Waals surface area contributed by atoms with Gasteiger partial charge < -0.3 is 9.32 Å². The molecule has 0 bridgehead atoms. The standard InChI is InChI=1S/C64H45NO/c1-63(2)57-31-12-9-26-51(57)54-37-35-49(41-60(54)63)65(47-24-15-20-43(38-47)42-18-5-3-6-19-42)48-25-16-21-44(39-48)50-29-17-30-56-55-36-34-46(40-61(55)66-62(50)56)64(45-22-7-4-8-23-45)58-32-13-10-27-52(58)53-28-11-14-33-59(53)64/h3-41H,1-2H3. The first-order valence-electron chi connectivity index (χ1n) is 23.0. The normalized spacial score (nSPS) is 13.8. The van der Waals surface area contributed by atoms with E-state index >= 15 is 0 Å². The van der Waals surface area contributed by atoms with Crippen molar-refractivity contribution in [3.63, 3.8) is 0 Å². The highest BCUT2D eigenvalue weighted by atomic mass is 16.3. The quantitative estimate of drug-likeness (QED) is 0.159. The van der Waals surface area contributed by atoms with E-state index in [9.17, 15) is 0 Å². The third-order valence-corrected chi connectivity index (χ3v) is 14.5. The summed E-state index contributed by atoms with van der Waals surface area (Å²) in [5, 5.41) is 2.21. The van der Waals surface area contributed by atoms with E-state index in [-0.39, 0.29) is 5.41 Å². The number of furan rings is 1. The fourth-order valence-electron chi connectivity index (χ4n) is 11.5. The van der Waals surface area contributed by atoms with Crippen molar-refractivity contribution in [1.82, 2.24) is 0 Å². The minimum Gasteiger partial charge on any atom is -0.455 e. The molecule has 13 rings (SSSR count). The Morgan fingerprint density at radius 3 is 1.58 bits per heavy atom. The third-order valence-electron chi connectivity index (χ3n) is 14.5. The Hall–Kier alpha value is -8.20. The Labute approximate surface area is 385 Å². The van der Waals surface area contributed by atoms with Gasteiger partial charge in [-0.25, -0.2) is 0 Å². The van der Waals surface area contributed by atoms with Gasteiger partial charge in [-0.05, 0) is 115 Å². The van der Waals surface area contributed by atoms with Gasteiger partial charge in [-0.2, -0.15) is 0 Å². The summed E-state index contributed by atoms with van der Waals surface area (Å²) in [5.41, 5.74) is 21.8.